The van der Waals surface area contributed by atoms with Crippen molar-refractivity contribution in [2.75, 3.05) is 50.2 Å². The molecule has 5 rings (SSSR count). The molecule has 0 saturated carbocycles. The fraction of sp³-hybridized carbons (Fsp3) is 0.444. The molecular formula is C36H46N4O9S. The number of ether oxygens (including phenoxy) is 4. The minimum Gasteiger partial charge on any atom is -0.490 e. The number of urea groups is 1. The van der Waals surface area contributed by atoms with E-state index < -0.39 is 28.1 Å². The number of carbonyl (C=O) groups excluding carboxylic acids is 2. The molecule has 3 amide bonds. The van der Waals surface area contributed by atoms with Crippen LogP contribution < -0.4 is 24.2 Å². The van der Waals surface area contributed by atoms with Crippen LogP contribution in [0.3, 0.4) is 0 Å². The largest absolute Gasteiger partial charge is 0.490 e. The Bertz CT molecular complexity index is 1740. The Morgan fingerprint density at radius 3 is 2.48 bits per heavy atom. The number of amides is 3. The van der Waals surface area contributed by atoms with Crippen molar-refractivity contribution in [1.29, 1.82) is 0 Å². The first kappa shape index (κ1) is 36.7. The summed E-state index contributed by atoms with van der Waals surface area (Å²) in [6, 6.07) is 16.8. The van der Waals surface area contributed by atoms with Gasteiger partial charge in [-0.2, -0.15) is 0 Å². The molecule has 3 N–H and O–H groups in total. The fourth-order valence-corrected chi connectivity index (χ4v) is 6.88. The first-order valence-corrected chi connectivity index (χ1v) is 18.3. The molecule has 50 heavy (non-hydrogen) atoms. The summed E-state index contributed by atoms with van der Waals surface area (Å²) < 4.78 is 52.3. The van der Waals surface area contributed by atoms with E-state index in [1.54, 1.807) is 67.4 Å². The highest BCUT2D eigenvalue weighted by atomic mass is 32.2. The highest BCUT2D eigenvalue weighted by Gasteiger charge is 2.31. The van der Waals surface area contributed by atoms with Crippen molar-refractivity contribution in [3.8, 4) is 17.2 Å². The third-order valence-electron chi connectivity index (χ3n) is 8.78. The summed E-state index contributed by atoms with van der Waals surface area (Å²) in [4.78, 5) is 30.8. The van der Waals surface area contributed by atoms with E-state index in [9.17, 15) is 23.1 Å². The normalized spacial score (nSPS) is 20.5. The number of fused-ring (bicyclic) bond motifs is 2. The lowest BCUT2D eigenvalue weighted by Gasteiger charge is -2.35. The zero-order valence-corrected chi connectivity index (χ0v) is 29.6. The van der Waals surface area contributed by atoms with Gasteiger partial charge >= 0.3 is 6.03 Å². The van der Waals surface area contributed by atoms with Crippen molar-refractivity contribution in [1.82, 2.24) is 9.80 Å². The van der Waals surface area contributed by atoms with E-state index in [2.05, 4.69) is 10.0 Å². The lowest BCUT2D eigenvalue weighted by molar-refractivity contribution is -0.0115. The summed E-state index contributed by atoms with van der Waals surface area (Å²) in [6.45, 7) is 6.27. The van der Waals surface area contributed by atoms with Crippen molar-refractivity contribution >= 4 is 33.3 Å². The molecule has 4 atom stereocenters. The summed E-state index contributed by atoms with van der Waals surface area (Å²) in [7, 11) is -2.25. The Morgan fingerprint density at radius 2 is 1.72 bits per heavy atom. The average Bonchev–Trinajstić information content (AvgIpc) is 3.57. The molecule has 0 radical (unpaired) electrons. The van der Waals surface area contributed by atoms with Crippen LogP contribution in [0.1, 0.15) is 50.4 Å². The molecule has 0 spiro atoms. The van der Waals surface area contributed by atoms with E-state index >= 15 is 0 Å². The molecule has 2 aliphatic rings. The number of sulfonamides is 1. The minimum atomic E-state index is -3.93. The Balaban J connectivity index is 1.38. The van der Waals surface area contributed by atoms with Crippen molar-refractivity contribution in [2.24, 2.45) is 5.92 Å². The van der Waals surface area contributed by atoms with Crippen LogP contribution in [0.4, 0.5) is 16.2 Å². The van der Waals surface area contributed by atoms with Gasteiger partial charge in [0.1, 0.15) is 5.75 Å². The number of hydrogen-bond donors (Lipinski definition) is 3. The molecule has 0 aromatic heterocycles. The molecule has 2 heterocycles. The number of nitrogens with zero attached hydrogens (tertiary/aromatic N) is 2. The van der Waals surface area contributed by atoms with Gasteiger partial charge in [0, 0.05) is 50.1 Å². The van der Waals surface area contributed by atoms with Gasteiger partial charge in [-0.15, -0.1) is 0 Å². The van der Waals surface area contributed by atoms with Crippen LogP contribution >= 0.6 is 0 Å². The quantitative estimate of drug-likeness (QED) is 0.287. The van der Waals surface area contributed by atoms with Crippen LogP contribution in [0.5, 0.6) is 17.2 Å². The number of aliphatic hydroxyl groups is 1. The van der Waals surface area contributed by atoms with Crippen LogP contribution in [-0.4, -0.2) is 93.7 Å². The lowest BCUT2D eigenvalue weighted by Crippen LogP contribution is -2.48. The summed E-state index contributed by atoms with van der Waals surface area (Å²) in [5.41, 5.74) is 0.909. The third kappa shape index (κ3) is 9.17. The van der Waals surface area contributed by atoms with Gasteiger partial charge in [-0.1, -0.05) is 25.1 Å². The molecular weight excluding hydrogens is 664 g/mol. The molecule has 3 aromatic carbocycles. The second kappa shape index (κ2) is 16.5. The van der Waals surface area contributed by atoms with E-state index in [-0.39, 0.29) is 60.7 Å². The van der Waals surface area contributed by atoms with E-state index in [0.717, 1.165) is 12.8 Å². The summed E-state index contributed by atoms with van der Waals surface area (Å²) in [5, 5.41) is 13.1. The van der Waals surface area contributed by atoms with Gasteiger partial charge in [0.15, 0.2) is 11.5 Å². The summed E-state index contributed by atoms with van der Waals surface area (Å²) in [5.74, 6) is 0.768. The number of nitrogens with one attached hydrogen (secondary N) is 2. The van der Waals surface area contributed by atoms with Crippen molar-refractivity contribution in [3.05, 3.63) is 72.3 Å². The number of likely N-dealkylation sites (N-methyl/N-ethyl adjacent to an activating group) is 1. The van der Waals surface area contributed by atoms with Gasteiger partial charge in [-0.05, 0) is 75.6 Å². The van der Waals surface area contributed by atoms with Gasteiger partial charge in [-0.3, -0.25) is 9.52 Å². The first-order chi connectivity index (χ1) is 23.9. The molecule has 0 fully saturated rings. The Labute approximate surface area is 293 Å². The predicted molar refractivity (Wildman–Crippen MR) is 188 cm³/mol. The molecule has 0 saturated heterocycles. The smallest absolute Gasteiger partial charge is 0.321 e. The van der Waals surface area contributed by atoms with E-state index in [4.69, 9.17) is 18.9 Å². The SMILES string of the molecule is C[C@@H]1CN([C@H](C)CO)C(=O)c2cc(NS(=O)(=O)c3ccccc3)ccc2O[C@@H](C)CCCCO[C@H]1CN(C)C(=O)Nc1ccc2c(c1)OCO2. The molecule has 2 aliphatic heterocycles. The van der Waals surface area contributed by atoms with E-state index in [1.165, 1.54) is 23.1 Å². The maximum Gasteiger partial charge on any atom is 0.321 e. The van der Waals surface area contributed by atoms with Gasteiger partial charge in [0.2, 0.25) is 6.79 Å². The molecule has 0 unspecified atom stereocenters. The summed E-state index contributed by atoms with van der Waals surface area (Å²) >= 11 is 0. The molecule has 14 heteroatoms. The number of hydrogen-bond acceptors (Lipinski definition) is 9. The molecule has 3 aromatic rings. The topological polar surface area (TPSA) is 156 Å². The van der Waals surface area contributed by atoms with Crippen LogP contribution in [0.25, 0.3) is 0 Å². The predicted octanol–water partition coefficient (Wildman–Crippen LogP) is 5.18. The van der Waals surface area contributed by atoms with Crippen molar-refractivity contribution in [3.63, 3.8) is 0 Å². The van der Waals surface area contributed by atoms with E-state index in [1.807, 2.05) is 13.8 Å². The fourth-order valence-electron chi connectivity index (χ4n) is 5.81. The Morgan fingerprint density at radius 1 is 1.00 bits per heavy atom. The molecule has 13 nitrogen and oxygen atoms in total. The van der Waals surface area contributed by atoms with Gasteiger partial charge in [0.05, 0.1) is 35.3 Å². The molecule has 0 aliphatic carbocycles. The standard InChI is InChI=1S/C36H46N4O9S/c1-24-20-40(25(2)22-41)35(42)30-18-28(38-50(44,45)29-11-6-5-7-12-29)14-15-31(30)49-26(3)10-8-9-17-46-34(24)21-39(4)36(43)37-27-13-16-32-33(19-27)48-23-47-32/h5-7,11-16,18-19,24-26,34,38,41H,8-10,17,20-23H2,1-4H3,(H,37,43)/t24-,25-,26+,34+/m1/s1. The number of benzene rings is 3. The lowest BCUT2D eigenvalue weighted by atomic mass is 10.0. The second-order valence-corrected chi connectivity index (χ2v) is 14.5. The highest BCUT2D eigenvalue weighted by molar-refractivity contribution is 7.92. The maximum atomic E-state index is 14.4. The Kier molecular flexibility index (Phi) is 12.1. The molecule has 270 valence electrons. The van der Waals surface area contributed by atoms with Crippen molar-refractivity contribution in [2.45, 2.75) is 63.2 Å². The Hall–Kier alpha value is -4.53. The molecule has 0 bridgehead atoms. The number of aliphatic hydroxyl groups excluding tert-OH is 1. The van der Waals surface area contributed by atoms with Crippen LogP contribution in [0.2, 0.25) is 0 Å². The van der Waals surface area contributed by atoms with E-state index in [0.29, 0.717) is 36.0 Å². The monoisotopic (exact) mass is 710 g/mol. The van der Waals surface area contributed by atoms with Gasteiger partial charge in [0.25, 0.3) is 15.9 Å². The maximum absolute atomic E-state index is 14.4. The average molecular weight is 711 g/mol. The minimum absolute atomic E-state index is 0.0845. The van der Waals surface area contributed by atoms with Crippen LogP contribution in [0, 0.1) is 5.92 Å². The van der Waals surface area contributed by atoms with Crippen LogP contribution in [-0.2, 0) is 14.8 Å². The van der Waals surface area contributed by atoms with Crippen molar-refractivity contribution < 1.29 is 42.1 Å². The summed E-state index contributed by atoms with van der Waals surface area (Å²) in [6.07, 6.45) is 1.54. The first-order valence-electron chi connectivity index (χ1n) is 16.8. The van der Waals surface area contributed by atoms with Gasteiger partial charge < -0.3 is 39.2 Å². The number of carbonyl (C=O) groups is 2. The van der Waals surface area contributed by atoms with Gasteiger partial charge in [-0.25, -0.2) is 13.2 Å². The zero-order chi connectivity index (χ0) is 35.8. The number of rotatable bonds is 8. The van der Waals surface area contributed by atoms with Crippen LogP contribution in [0.15, 0.2) is 71.6 Å². The second-order valence-electron chi connectivity index (χ2n) is 12.8. The zero-order valence-electron chi connectivity index (χ0n) is 28.8. The number of anilines is 2. The third-order valence-corrected chi connectivity index (χ3v) is 10.2. The highest BCUT2D eigenvalue weighted by Crippen LogP contribution is 2.34.